The number of hydrogen-bond donors (Lipinski definition) is 2. The molecule has 1 fully saturated rings. The fourth-order valence-corrected chi connectivity index (χ4v) is 4.40. The monoisotopic (exact) mass is 431 g/mol. The molecular formula is C21H20F3N5O2. The lowest BCUT2D eigenvalue weighted by molar-refractivity contribution is 0.177. The van der Waals surface area contributed by atoms with Crippen molar-refractivity contribution >= 4 is 11.7 Å². The number of benzene rings is 1. The lowest BCUT2D eigenvalue weighted by Crippen LogP contribution is -2.45. The third kappa shape index (κ3) is 3.33. The number of aromatic nitrogens is 3. The van der Waals surface area contributed by atoms with Crippen LogP contribution in [0, 0.1) is 17.6 Å². The van der Waals surface area contributed by atoms with Crippen LogP contribution in [-0.2, 0) is 6.42 Å². The topological polar surface area (TPSA) is 91.0 Å². The van der Waals surface area contributed by atoms with Crippen molar-refractivity contribution in [1.29, 1.82) is 0 Å². The van der Waals surface area contributed by atoms with E-state index in [9.17, 15) is 22.8 Å². The van der Waals surface area contributed by atoms with Gasteiger partial charge in [0.1, 0.15) is 11.6 Å². The van der Waals surface area contributed by atoms with Crippen molar-refractivity contribution < 1.29 is 20.8 Å². The molecule has 0 aliphatic carbocycles. The first-order chi connectivity index (χ1) is 14.9. The number of amides is 2. The number of hydrogen-bond acceptors (Lipinski definition) is 4. The van der Waals surface area contributed by atoms with Gasteiger partial charge in [0.05, 0.1) is 17.4 Å². The third-order valence-electron chi connectivity index (χ3n) is 5.77. The highest BCUT2D eigenvalue weighted by Gasteiger charge is 2.44. The molecule has 2 atom stereocenters. The third-order valence-corrected chi connectivity index (χ3v) is 5.77. The van der Waals surface area contributed by atoms with E-state index in [1.54, 1.807) is 4.90 Å². The first-order valence-corrected chi connectivity index (χ1v) is 9.69. The second-order valence-corrected chi connectivity index (χ2v) is 7.61. The van der Waals surface area contributed by atoms with E-state index in [2.05, 4.69) is 20.5 Å². The van der Waals surface area contributed by atoms with Crippen LogP contribution in [0.4, 0.5) is 23.7 Å². The lowest BCUT2D eigenvalue weighted by atomic mass is 9.99. The molecule has 1 saturated heterocycles. The van der Waals surface area contributed by atoms with Crippen LogP contribution in [0.2, 0.25) is 0 Å². The Hall–Kier alpha value is -3.69. The zero-order chi connectivity index (χ0) is 21.7. The average Bonchev–Trinajstić information content (AvgIpc) is 3.06. The normalized spacial score (nSPS) is 19.3. The summed E-state index contributed by atoms with van der Waals surface area (Å²) in [4.78, 5) is 29.5. The minimum absolute atomic E-state index is 0. The Morgan fingerprint density at radius 1 is 1.16 bits per heavy atom. The van der Waals surface area contributed by atoms with Gasteiger partial charge < -0.3 is 10.2 Å². The highest BCUT2D eigenvalue weighted by atomic mass is 19.1. The number of fused-ring (bicyclic) bond motifs is 4. The number of carbonyl (C=O) groups excluding carboxylic acids is 1. The Balaban J connectivity index is 0.00000153. The molecule has 2 N–H and O–H groups in total. The maximum atomic E-state index is 14.7. The summed E-state index contributed by atoms with van der Waals surface area (Å²) in [6.45, 7) is 0. The van der Waals surface area contributed by atoms with Gasteiger partial charge in [0.15, 0.2) is 0 Å². The Morgan fingerprint density at radius 2 is 2.00 bits per heavy atom. The van der Waals surface area contributed by atoms with Crippen LogP contribution < -0.4 is 10.9 Å². The van der Waals surface area contributed by atoms with Gasteiger partial charge in [-0.1, -0.05) is 0 Å². The second-order valence-electron chi connectivity index (χ2n) is 7.61. The molecule has 2 aromatic heterocycles. The van der Waals surface area contributed by atoms with Crippen molar-refractivity contribution in [3.63, 3.8) is 0 Å². The Kier molecular flexibility index (Phi) is 4.49. The summed E-state index contributed by atoms with van der Waals surface area (Å²) in [6, 6.07) is 4.59. The number of H-pyrrole nitrogens is 1. The highest BCUT2D eigenvalue weighted by Crippen LogP contribution is 2.42. The van der Waals surface area contributed by atoms with Gasteiger partial charge in [-0.15, -0.1) is 0 Å². The van der Waals surface area contributed by atoms with E-state index in [0.717, 1.165) is 36.4 Å². The molecule has 2 bridgehead atoms. The van der Waals surface area contributed by atoms with Crippen LogP contribution in [-0.4, -0.2) is 32.2 Å². The van der Waals surface area contributed by atoms with Crippen molar-refractivity contribution in [1.82, 2.24) is 20.1 Å². The highest BCUT2D eigenvalue weighted by molar-refractivity contribution is 5.91. The molecule has 2 aliphatic heterocycles. The second kappa shape index (κ2) is 7.22. The fraction of sp³-hybridized carbons (Fsp3) is 0.238. The quantitative estimate of drug-likeness (QED) is 0.600. The number of aromatic amines is 1. The molecule has 1 aromatic carbocycles. The number of halogens is 3. The van der Waals surface area contributed by atoms with Gasteiger partial charge in [0.25, 0.3) is 5.56 Å². The van der Waals surface area contributed by atoms with Crippen molar-refractivity contribution in [3.8, 4) is 11.1 Å². The molecule has 31 heavy (non-hydrogen) atoms. The van der Waals surface area contributed by atoms with E-state index in [1.807, 2.05) is 0 Å². The molecule has 162 valence electrons. The summed E-state index contributed by atoms with van der Waals surface area (Å²) in [5, 5.41) is 8.93. The molecule has 0 unspecified atom stereocenters. The smallest absolute Gasteiger partial charge is 0.313 e. The van der Waals surface area contributed by atoms with Crippen LogP contribution in [0.15, 0.2) is 41.3 Å². The molecule has 10 heteroatoms. The Bertz CT molecular complexity index is 1260. The van der Waals surface area contributed by atoms with Gasteiger partial charge in [-0.2, -0.15) is 9.49 Å². The molecule has 0 saturated carbocycles. The van der Waals surface area contributed by atoms with Gasteiger partial charge >= 0.3 is 6.03 Å². The summed E-state index contributed by atoms with van der Waals surface area (Å²) in [6.07, 6.45) is 2.96. The van der Waals surface area contributed by atoms with Crippen molar-refractivity contribution in [3.05, 3.63) is 75.7 Å². The number of urea groups is 1. The van der Waals surface area contributed by atoms with Crippen LogP contribution in [0.3, 0.4) is 0 Å². The maximum Gasteiger partial charge on any atom is 0.322 e. The van der Waals surface area contributed by atoms with Crippen LogP contribution >= 0.6 is 0 Å². The SMILES string of the molecule is O=C(Nc1cc(F)c(-c2ccc(F)nc2)cc1F)N1[C@H]2CC[C@@H]1c1n[nH]c(=O)cc1C2.[HH].[HH]. The number of pyridine rings is 1. The fourth-order valence-electron chi connectivity index (χ4n) is 4.40. The number of nitrogens with zero attached hydrogens (tertiary/aromatic N) is 3. The molecule has 0 spiro atoms. The Labute approximate surface area is 176 Å². The minimum atomic E-state index is -0.832. The number of anilines is 1. The lowest BCUT2D eigenvalue weighted by Gasteiger charge is -2.35. The predicted molar refractivity (Wildman–Crippen MR) is 109 cm³/mol. The number of rotatable bonds is 2. The van der Waals surface area contributed by atoms with E-state index in [1.165, 1.54) is 12.1 Å². The largest absolute Gasteiger partial charge is 0.322 e. The minimum Gasteiger partial charge on any atom is -0.313 e. The molecule has 3 aromatic rings. The number of nitrogens with one attached hydrogen (secondary N) is 2. The van der Waals surface area contributed by atoms with E-state index in [0.29, 0.717) is 18.5 Å². The van der Waals surface area contributed by atoms with Crippen LogP contribution in [0.5, 0.6) is 0 Å². The van der Waals surface area contributed by atoms with E-state index in [4.69, 9.17) is 0 Å². The first kappa shape index (κ1) is 19.3. The predicted octanol–water partition coefficient (Wildman–Crippen LogP) is 4.03. The van der Waals surface area contributed by atoms with Crippen molar-refractivity contribution in [2.75, 3.05) is 5.32 Å². The molecule has 5 rings (SSSR count). The molecule has 2 amide bonds. The summed E-state index contributed by atoms with van der Waals surface area (Å²) >= 11 is 0. The van der Waals surface area contributed by atoms with E-state index < -0.39 is 23.6 Å². The molecular weight excluding hydrogens is 411 g/mol. The summed E-state index contributed by atoms with van der Waals surface area (Å²) in [5.41, 5.74) is 0.930. The standard InChI is InChI=1S/C21H16F3N5O2.2H2/c22-14-8-16(15(23)7-13(14)10-1-4-18(24)25-9-10)26-21(31)29-12-2-3-17(29)20-11(5-12)6-19(30)27-28-20;;/h1,4,6-9,12,17H,2-3,5H2,(H,26,31)(H,27,30);2*1H/t12-,17+;;/m0../s1. The Morgan fingerprint density at radius 3 is 2.77 bits per heavy atom. The van der Waals surface area contributed by atoms with Crippen molar-refractivity contribution in [2.24, 2.45) is 0 Å². The van der Waals surface area contributed by atoms with Gasteiger partial charge in [0.2, 0.25) is 5.95 Å². The van der Waals surface area contributed by atoms with Gasteiger partial charge in [-0.3, -0.25) is 4.79 Å². The number of carbonyl (C=O) groups is 1. The molecule has 4 heterocycles. The summed E-state index contributed by atoms with van der Waals surface area (Å²) < 4.78 is 42.3. The zero-order valence-corrected chi connectivity index (χ0v) is 16.0. The van der Waals surface area contributed by atoms with Gasteiger partial charge in [-0.25, -0.2) is 23.7 Å². The average molecular weight is 431 g/mol. The van der Waals surface area contributed by atoms with Gasteiger partial charge in [0, 0.05) is 38.4 Å². The van der Waals surface area contributed by atoms with Crippen LogP contribution in [0.25, 0.3) is 11.1 Å². The molecule has 7 nitrogen and oxygen atoms in total. The zero-order valence-electron chi connectivity index (χ0n) is 16.0. The summed E-state index contributed by atoms with van der Waals surface area (Å²) in [7, 11) is 0. The first-order valence-electron chi connectivity index (χ1n) is 9.69. The van der Waals surface area contributed by atoms with E-state index >= 15 is 0 Å². The van der Waals surface area contributed by atoms with E-state index in [-0.39, 0.29) is 37.3 Å². The molecule has 2 aliphatic rings. The van der Waals surface area contributed by atoms with Crippen molar-refractivity contribution in [2.45, 2.75) is 31.3 Å². The van der Waals surface area contributed by atoms with Gasteiger partial charge in [-0.05, 0) is 43.0 Å². The maximum absolute atomic E-state index is 14.7. The summed E-state index contributed by atoms with van der Waals surface area (Å²) in [5.74, 6) is -2.34. The van der Waals surface area contributed by atoms with Crippen LogP contribution in [0.1, 0.15) is 33.0 Å². The molecule has 0 radical (unpaired) electrons.